The summed E-state index contributed by atoms with van der Waals surface area (Å²) in [5.41, 5.74) is 3.58. The van der Waals surface area contributed by atoms with Crippen molar-refractivity contribution in [2.75, 3.05) is 0 Å². The van der Waals surface area contributed by atoms with Crippen LogP contribution in [0, 0.1) is 6.92 Å². The van der Waals surface area contributed by atoms with E-state index in [0.717, 1.165) is 36.4 Å². The third-order valence-electron chi connectivity index (χ3n) is 4.78. The van der Waals surface area contributed by atoms with Gasteiger partial charge in [-0.25, -0.2) is 4.98 Å². The monoisotopic (exact) mass is 405 g/mol. The Balaban J connectivity index is 1.75. The van der Waals surface area contributed by atoms with E-state index in [1.165, 1.54) is 17.3 Å². The number of hydrogen-bond donors (Lipinski definition) is 0. The first-order valence-corrected chi connectivity index (χ1v) is 10.8. The molecule has 2 aromatic heterocycles. The van der Waals surface area contributed by atoms with Gasteiger partial charge >= 0.3 is 0 Å². The fraction of sp³-hybridized carbons (Fsp3) is 0.261. The van der Waals surface area contributed by atoms with Crippen LogP contribution in [0.25, 0.3) is 16.6 Å². The van der Waals surface area contributed by atoms with Crippen LogP contribution in [0.1, 0.15) is 36.8 Å². The van der Waals surface area contributed by atoms with E-state index in [2.05, 4.69) is 24.2 Å². The maximum absolute atomic E-state index is 13.3. The maximum atomic E-state index is 13.3. The Labute approximate surface area is 173 Å². The minimum atomic E-state index is -0.0619. The van der Waals surface area contributed by atoms with Crippen LogP contribution in [0.5, 0.6) is 0 Å². The lowest BCUT2D eigenvalue weighted by molar-refractivity contribution is 0.391. The SMILES string of the molecule is CCCCc1ccc(-n2c(SCc3cc(C)no3)nc3ccccc3c2=O)cc1. The number of aryl methyl sites for hydroxylation is 2. The van der Waals surface area contributed by atoms with Crippen molar-refractivity contribution in [2.45, 2.75) is 44.0 Å². The molecule has 0 aliphatic carbocycles. The van der Waals surface area contributed by atoms with Crippen molar-refractivity contribution in [2.24, 2.45) is 0 Å². The number of unbranched alkanes of at least 4 members (excludes halogenated alkanes) is 1. The van der Waals surface area contributed by atoms with Crippen molar-refractivity contribution in [3.63, 3.8) is 0 Å². The van der Waals surface area contributed by atoms with E-state index in [1.54, 1.807) is 4.57 Å². The normalized spacial score (nSPS) is 11.2. The fourth-order valence-electron chi connectivity index (χ4n) is 3.25. The molecule has 0 atom stereocenters. The van der Waals surface area contributed by atoms with Crippen molar-refractivity contribution in [1.82, 2.24) is 14.7 Å². The molecule has 5 nitrogen and oxygen atoms in total. The van der Waals surface area contributed by atoms with Gasteiger partial charge in [-0.3, -0.25) is 9.36 Å². The maximum Gasteiger partial charge on any atom is 0.266 e. The number of benzene rings is 2. The van der Waals surface area contributed by atoms with Gasteiger partial charge in [0.2, 0.25) is 0 Å². The highest BCUT2D eigenvalue weighted by Crippen LogP contribution is 2.25. The van der Waals surface area contributed by atoms with E-state index in [-0.39, 0.29) is 5.56 Å². The first-order valence-electron chi connectivity index (χ1n) is 9.82. The van der Waals surface area contributed by atoms with Crippen LogP contribution in [0.3, 0.4) is 0 Å². The van der Waals surface area contributed by atoms with Gasteiger partial charge in [-0.1, -0.05) is 54.5 Å². The van der Waals surface area contributed by atoms with Gasteiger partial charge in [-0.15, -0.1) is 0 Å². The van der Waals surface area contributed by atoms with E-state index in [4.69, 9.17) is 9.51 Å². The molecule has 4 aromatic rings. The largest absolute Gasteiger partial charge is 0.360 e. The predicted octanol–water partition coefficient (Wildman–Crippen LogP) is 5.32. The van der Waals surface area contributed by atoms with Gasteiger partial charge < -0.3 is 4.52 Å². The zero-order valence-corrected chi connectivity index (χ0v) is 17.4. The minimum Gasteiger partial charge on any atom is -0.360 e. The zero-order valence-electron chi connectivity index (χ0n) is 16.6. The van der Waals surface area contributed by atoms with Gasteiger partial charge in [0.05, 0.1) is 28.0 Å². The molecule has 148 valence electrons. The smallest absolute Gasteiger partial charge is 0.266 e. The van der Waals surface area contributed by atoms with Crippen molar-refractivity contribution in [1.29, 1.82) is 0 Å². The molecule has 0 unspecified atom stereocenters. The third-order valence-corrected chi connectivity index (χ3v) is 5.74. The molecule has 29 heavy (non-hydrogen) atoms. The summed E-state index contributed by atoms with van der Waals surface area (Å²) >= 11 is 1.47. The molecule has 0 aliphatic heterocycles. The molecule has 0 saturated carbocycles. The molecule has 0 saturated heterocycles. The summed E-state index contributed by atoms with van der Waals surface area (Å²) in [6.07, 6.45) is 3.38. The van der Waals surface area contributed by atoms with Crippen LogP contribution in [0.4, 0.5) is 0 Å². The number of para-hydroxylation sites is 1. The molecular formula is C23H23N3O2S. The molecule has 6 heteroatoms. The van der Waals surface area contributed by atoms with Crippen molar-refractivity contribution in [3.8, 4) is 5.69 Å². The van der Waals surface area contributed by atoms with Gasteiger partial charge in [0.1, 0.15) is 5.76 Å². The van der Waals surface area contributed by atoms with Gasteiger partial charge in [-0.2, -0.15) is 0 Å². The van der Waals surface area contributed by atoms with Gasteiger partial charge in [0, 0.05) is 6.07 Å². The second-order valence-corrected chi connectivity index (χ2v) is 7.99. The summed E-state index contributed by atoms with van der Waals surface area (Å²) in [4.78, 5) is 18.1. The van der Waals surface area contributed by atoms with Crippen LogP contribution >= 0.6 is 11.8 Å². The number of hydrogen-bond acceptors (Lipinski definition) is 5. The summed E-state index contributed by atoms with van der Waals surface area (Å²) in [6, 6.07) is 17.6. The quantitative estimate of drug-likeness (QED) is 0.308. The van der Waals surface area contributed by atoms with E-state index in [9.17, 15) is 4.79 Å². The summed E-state index contributed by atoms with van der Waals surface area (Å²) in [6.45, 7) is 4.08. The second kappa shape index (κ2) is 8.66. The highest BCUT2D eigenvalue weighted by molar-refractivity contribution is 7.98. The average molecular weight is 406 g/mol. The summed E-state index contributed by atoms with van der Waals surface area (Å²) in [7, 11) is 0. The molecule has 2 heterocycles. The van der Waals surface area contributed by atoms with E-state index < -0.39 is 0 Å². The lowest BCUT2D eigenvalue weighted by Crippen LogP contribution is -2.21. The first kappa shape index (κ1) is 19.5. The molecule has 0 spiro atoms. The summed E-state index contributed by atoms with van der Waals surface area (Å²) in [5, 5.41) is 5.19. The molecule has 0 aliphatic rings. The second-order valence-electron chi connectivity index (χ2n) is 7.05. The molecular weight excluding hydrogens is 382 g/mol. The highest BCUT2D eigenvalue weighted by Gasteiger charge is 2.14. The van der Waals surface area contributed by atoms with E-state index in [0.29, 0.717) is 21.8 Å². The first-order chi connectivity index (χ1) is 14.2. The van der Waals surface area contributed by atoms with Crippen molar-refractivity contribution in [3.05, 3.63) is 82.0 Å². The van der Waals surface area contributed by atoms with Crippen LogP contribution < -0.4 is 5.56 Å². The number of nitrogens with zero attached hydrogens (tertiary/aromatic N) is 3. The Morgan fingerprint density at radius 3 is 2.62 bits per heavy atom. The molecule has 0 radical (unpaired) electrons. The van der Waals surface area contributed by atoms with Crippen molar-refractivity contribution >= 4 is 22.7 Å². The highest BCUT2D eigenvalue weighted by atomic mass is 32.2. The number of thioether (sulfide) groups is 1. The standard InChI is InChI=1S/C23H23N3O2S/c1-3-4-7-17-10-12-18(13-11-17)26-22(27)20-8-5-6-9-21(20)24-23(26)29-15-19-14-16(2)25-28-19/h5-6,8-14H,3-4,7,15H2,1-2H3. The van der Waals surface area contributed by atoms with Crippen LogP contribution in [-0.2, 0) is 12.2 Å². The van der Waals surface area contributed by atoms with Crippen LogP contribution in [0.15, 0.2) is 69.1 Å². The Kier molecular flexibility index (Phi) is 5.81. The van der Waals surface area contributed by atoms with E-state index >= 15 is 0 Å². The number of fused-ring (bicyclic) bond motifs is 1. The number of aromatic nitrogens is 3. The summed E-state index contributed by atoms with van der Waals surface area (Å²) in [5.74, 6) is 1.32. The Hall–Kier alpha value is -2.86. The average Bonchev–Trinajstić information content (AvgIpc) is 3.16. The lowest BCUT2D eigenvalue weighted by atomic mass is 10.1. The van der Waals surface area contributed by atoms with Crippen LogP contribution in [-0.4, -0.2) is 14.7 Å². The molecule has 0 bridgehead atoms. The molecule has 4 rings (SSSR count). The molecule has 2 aromatic carbocycles. The zero-order chi connectivity index (χ0) is 20.2. The Bertz CT molecular complexity index is 1180. The van der Waals surface area contributed by atoms with Crippen molar-refractivity contribution < 1.29 is 4.52 Å². The molecule has 0 amide bonds. The van der Waals surface area contributed by atoms with Gasteiger partial charge in [-0.05, 0) is 49.6 Å². The minimum absolute atomic E-state index is 0.0619. The topological polar surface area (TPSA) is 60.9 Å². The molecule has 0 N–H and O–H groups in total. The molecule has 0 fully saturated rings. The predicted molar refractivity (Wildman–Crippen MR) is 117 cm³/mol. The van der Waals surface area contributed by atoms with Gasteiger partial charge in [0.15, 0.2) is 5.16 Å². The summed E-state index contributed by atoms with van der Waals surface area (Å²) < 4.78 is 7.01. The van der Waals surface area contributed by atoms with Crippen LogP contribution in [0.2, 0.25) is 0 Å². The Morgan fingerprint density at radius 2 is 1.90 bits per heavy atom. The van der Waals surface area contributed by atoms with E-state index in [1.807, 2.05) is 49.4 Å². The fourth-order valence-corrected chi connectivity index (χ4v) is 4.14. The lowest BCUT2D eigenvalue weighted by Gasteiger charge is -2.13. The number of rotatable bonds is 7. The third kappa shape index (κ3) is 4.27. The van der Waals surface area contributed by atoms with Gasteiger partial charge in [0.25, 0.3) is 5.56 Å². The Morgan fingerprint density at radius 1 is 1.10 bits per heavy atom.